The van der Waals surface area contributed by atoms with Gasteiger partial charge in [-0.15, -0.1) is 0 Å². The van der Waals surface area contributed by atoms with Crippen molar-refractivity contribution in [1.82, 2.24) is 14.5 Å². The Kier molecular flexibility index (Phi) is 5.32. The maximum atomic E-state index is 12.6. The van der Waals surface area contributed by atoms with E-state index in [0.717, 1.165) is 11.4 Å². The van der Waals surface area contributed by atoms with Crippen LogP contribution in [0.3, 0.4) is 0 Å². The minimum atomic E-state index is -0.164. The molecule has 0 fully saturated rings. The van der Waals surface area contributed by atoms with Crippen LogP contribution >= 0.6 is 11.8 Å². The van der Waals surface area contributed by atoms with Gasteiger partial charge in [0.15, 0.2) is 5.16 Å². The third-order valence-corrected chi connectivity index (χ3v) is 4.84. The summed E-state index contributed by atoms with van der Waals surface area (Å²) in [5.41, 5.74) is 2.57. The number of rotatable bonds is 6. The topological polar surface area (TPSA) is 89.0 Å². The first-order chi connectivity index (χ1) is 12.5. The molecule has 0 unspecified atom stereocenters. The Morgan fingerprint density at radius 1 is 1.35 bits per heavy atom. The fourth-order valence-electron chi connectivity index (χ4n) is 2.60. The molecule has 2 heterocycles. The lowest BCUT2D eigenvalue weighted by Crippen LogP contribution is -2.23. The molecule has 2 N–H and O–H groups in total. The third kappa shape index (κ3) is 3.75. The number of benzene rings is 1. The number of aryl methyl sites for hydroxylation is 1. The van der Waals surface area contributed by atoms with Crippen molar-refractivity contribution in [2.45, 2.75) is 25.5 Å². The summed E-state index contributed by atoms with van der Waals surface area (Å²) >= 11 is 1.25. The van der Waals surface area contributed by atoms with Crippen molar-refractivity contribution in [3.05, 3.63) is 46.4 Å². The molecule has 0 aliphatic carbocycles. The van der Waals surface area contributed by atoms with Crippen LogP contribution in [0.25, 0.3) is 11.0 Å². The molecule has 0 bridgehead atoms. The van der Waals surface area contributed by atoms with Gasteiger partial charge < -0.3 is 15.0 Å². The number of fused-ring (bicyclic) bond motifs is 1. The Labute approximate surface area is 154 Å². The summed E-state index contributed by atoms with van der Waals surface area (Å²) < 4.78 is 6.67. The first kappa shape index (κ1) is 18.1. The molecule has 0 aliphatic heterocycles. The lowest BCUT2D eigenvalue weighted by Gasteiger charge is -2.10. The second-order valence-electron chi connectivity index (χ2n) is 5.72. The number of ether oxygens (including phenoxy) is 1. The molecule has 8 heteroatoms. The van der Waals surface area contributed by atoms with E-state index in [0.29, 0.717) is 28.4 Å². The van der Waals surface area contributed by atoms with Crippen LogP contribution in [0.15, 0.2) is 40.3 Å². The molecular formula is C18H20N4O3S. The van der Waals surface area contributed by atoms with Crippen LogP contribution in [0.5, 0.6) is 5.75 Å². The van der Waals surface area contributed by atoms with Crippen molar-refractivity contribution in [3.8, 4) is 5.75 Å². The summed E-state index contributed by atoms with van der Waals surface area (Å²) in [6.45, 7) is 4.25. The highest BCUT2D eigenvalue weighted by Crippen LogP contribution is 2.19. The number of H-pyrrole nitrogens is 1. The number of anilines is 1. The normalized spacial score (nSPS) is 10.9. The maximum Gasteiger partial charge on any atom is 0.278 e. The summed E-state index contributed by atoms with van der Waals surface area (Å²) in [5.74, 6) is 0.721. The molecular weight excluding hydrogens is 352 g/mol. The zero-order valence-corrected chi connectivity index (χ0v) is 15.6. The lowest BCUT2D eigenvalue weighted by molar-refractivity contribution is -0.113. The van der Waals surface area contributed by atoms with Gasteiger partial charge in [-0.3, -0.25) is 14.2 Å². The lowest BCUT2D eigenvalue weighted by atomic mass is 10.3. The van der Waals surface area contributed by atoms with E-state index in [9.17, 15) is 9.59 Å². The highest BCUT2D eigenvalue weighted by Gasteiger charge is 2.14. The van der Waals surface area contributed by atoms with Crippen LogP contribution < -0.4 is 15.6 Å². The average Bonchev–Trinajstić information content (AvgIpc) is 3.01. The molecule has 7 nitrogen and oxygen atoms in total. The minimum absolute atomic E-state index is 0.122. The largest absolute Gasteiger partial charge is 0.497 e. The summed E-state index contributed by atoms with van der Waals surface area (Å²) in [5, 5.41) is 3.36. The van der Waals surface area contributed by atoms with Crippen molar-refractivity contribution < 1.29 is 9.53 Å². The highest BCUT2D eigenvalue weighted by molar-refractivity contribution is 7.99. The van der Waals surface area contributed by atoms with E-state index in [1.807, 2.05) is 19.9 Å². The summed E-state index contributed by atoms with van der Waals surface area (Å²) in [6.07, 6.45) is 0. The van der Waals surface area contributed by atoms with Gasteiger partial charge in [-0.2, -0.15) is 0 Å². The number of amides is 1. The van der Waals surface area contributed by atoms with Crippen molar-refractivity contribution in [3.63, 3.8) is 0 Å². The Bertz CT molecular complexity index is 992. The number of methoxy groups -OCH3 is 1. The van der Waals surface area contributed by atoms with Crippen molar-refractivity contribution in [2.24, 2.45) is 0 Å². The fourth-order valence-corrected chi connectivity index (χ4v) is 3.46. The highest BCUT2D eigenvalue weighted by atomic mass is 32.2. The van der Waals surface area contributed by atoms with E-state index in [1.165, 1.54) is 11.8 Å². The molecule has 0 radical (unpaired) electrons. The quantitative estimate of drug-likeness (QED) is 0.513. The van der Waals surface area contributed by atoms with Gasteiger partial charge >= 0.3 is 0 Å². The smallest absolute Gasteiger partial charge is 0.278 e. The third-order valence-electron chi connectivity index (χ3n) is 3.86. The second-order valence-corrected chi connectivity index (χ2v) is 6.66. The van der Waals surface area contributed by atoms with Crippen LogP contribution in [0, 0.1) is 6.92 Å². The van der Waals surface area contributed by atoms with Gasteiger partial charge in [0.25, 0.3) is 5.56 Å². The molecule has 0 saturated carbocycles. The fraction of sp³-hybridized carbons (Fsp3) is 0.278. The average molecular weight is 372 g/mol. The van der Waals surface area contributed by atoms with E-state index in [4.69, 9.17) is 4.74 Å². The predicted molar refractivity (Wildman–Crippen MR) is 103 cm³/mol. The first-order valence-electron chi connectivity index (χ1n) is 8.18. The molecule has 3 aromatic rings. The Hall–Kier alpha value is -2.74. The molecule has 0 spiro atoms. The molecule has 0 aliphatic rings. The summed E-state index contributed by atoms with van der Waals surface area (Å²) in [7, 11) is 1.59. The van der Waals surface area contributed by atoms with Gasteiger partial charge in [0, 0.05) is 17.9 Å². The van der Waals surface area contributed by atoms with Crippen molar-refractivity contribution >= 4 is 34.4 Å². The van der Waals surface area contributed by atoms with Crippen LogP contribution in [0.4, 0.5) is 5.69 Å². The van der Waals surface area contributed by atoms with Crippen LogP contribution in [0.2, 0.25) is 0 Å². The minimum Gasteiger partial charge on any atom is -0.497 e. The molecule has 0 saturated heterocycles. The number of carbonyl (C=O) groups excluding carboxylic acids is 1. The zero-order valence-electron chi connectivity index (χ0n) is 14.8. The van der Waals surface area contributed by atoms with Crippen LogP contribution in [-0.4, -0.2) is 33.3 Å². The molecule has 1 aromatic carbocycles. The van der Waals surface area contributed by atoms with Gasteiger partial charge in [-0.1, -0.05) is 11.8 Å². The number of thioether (sulfide) groups is 1. The monoisotopic (exact) mass is 372 g/mol. The standard InChI is InChI=1S/C18H20N4O3S/c1-4-22-17(24)16-14(9-11(2)19-16)21-18(22)26-10-15(23)20-12-5-7-13(25-3)8-6-12/h5-9,19H,4,10H2,1-3H3,(H,20,23). The molecule has 1 amide bonds. The number of hydrogen-bond donors (Lipinski definition) is 2. The summed E-state index contributed by atoms with van der Waals surface area (Å²) in [4.78, 5) is 32.3. The number of aromatic nitrogens is 3. The molecule has 3 rings (SSSR count). The van der Waals surface area contributed by atoms with Gasteiger partial charge in [-0.25, -0.2) is 4.98 Å². The number of carbonyl (C=O) groups is 1. The van der Waals surface area contributed by atoms with Crippen molar-refractivity contribution in [2.75, 3.05) is 18.2 Å². The number of hydrogen-bond acceptors (Lipinski definition) is 5. The Morgan fingerprint density at radius 3 is 2.73 bits per heavy atom. The Balaban J connectivity index is 1.73. The van der Waals surface area contributed by atoms with E-state index >= 15 is 0 Å². The van der Waals surface area contributed by atoms with E-state index < -0.39 is 0 Å². The first-order valence-corrected chi connectivity index (χ1v) is 9.17. The predicted octanol–water partition coefficient (Wildman–Crippen LogP) is 2.79. The zero-order chi connectivity index (χ0) is 18.7. The molecule has 0 atom stereocenters. The van der Waals surface area contributed by atoms with Gasteiger partial charge in [0.2, 0.25) is 5.91 Å². The molecule has 136 valence electrons. The van der Waals surface area contributed by atoms with Gasteiger partial charge in [-0.05, 0) is 44.2 Å². The molecule has 26 heavy (non-hydrogen) atoms. The SMILES string of the molecule is CCn1c(SCC(=O)Nc2ccc(OC)cc2)nc2cc(C)[nH]c2c1=O. The van der Waals surface area contributed by atoms with E-state index in [2.05, 4.69) is 15.3 Å². The Morgan fingerprint density at radius 2 is 2.08 bits per heavy atom. The molecule has 2 aromatic heterocycles. The second kappa shape index (κ2) is 7.65. The van der Waals surface area contributed by atoms with Crippen LogP contribution in [0.1, 0.15) is 12.6 Å². The van der Waals surface area contributed by atoms with Gasteiger partial charge in [0.05, 0.1) is 18.4 Å². The van der Waals surface area contributed by atoms with Crippen LogP contribution in [-0.2, 0) is 11.3 Å². The summed E-state index contributed by atoms with van der Waals surface area (Å²) in [6, 6.07) is 8.94. The number of nitrogens with zero attached hydrogens (tertiary/aromatic N) is 2. The maximum absolute atomic E-state index is 12.6. The van der Waals surface area contributed by atoms with E-state index in [-0.39, 0.29) is 17.2 Å². The van der Waals surface area contributed by atoms with Gasteiger partial charge in [0.1, 0.15) is 11.3 Å². The number of nitrogens with one attached hydrogen (secondary N) is 2. The van der Waals surface area contributed by atoms with Crippen molar-refractivity contribution in [1.29, 1.82) is 0 Å². The number of aromatic amines is 1. The van der Waals surface area contributed by atoms with E-state index in [1.54, 1.807) is 35.9 Å².